The number of ether oxygens (including phenoxy) is 2. The van der Waals surface area contributed by atoms with E-state index in [4.69, 9.17) is 9.47 Å². The summed E-state index contributed by atoms with van der Waals surface area (Å²) in [7, 11) is 0. The van der Waals surface area contributed by atoms with Crippen LogP contribution in [-0.4, -0.2) is 27.5 Å². The number of halogens is 1. The molecule has 3 aromatic rings. The van der Waals surface area contributed by atoms with Gasteiger partial charge in [-0.3, -0.25) is 4.79 Å². The molecule has 2 atom stereocenters. The number of nitrogens with one attached hydrogen (secondary N) is 1. The largest absolute Gasteiger partial charge is 0.482 e. The zero-order valence-corrected chi connectivity index (χ0v) is 15.1. The van der Waals surface area contributed by atoms with E-state index in [1.54, 1.807) is 6.07 Å². The summed E-state index contributed by atoms with van der Waals surface area (Å²) in [5.74, 6) is 1.02. The van der Waals surface area contributed by atoms with E-state index in [9.17, 15) is 4.79 Å². The Morgan fingerprint density at radius 2 is 1.96 bits per heavy atom. The number of para-hydroxylation sites is 2. The number of carbonyl (C=O) groups excluding carboxylic acids is 1. The highest BCUT2D eigenvalue weighted by Gasteiger charge is 2.33. The maximum Gasteiger partial charge on any atom is 0.265 e. The number of amides is 1. The van der Waals surface area contributed by atoms with Crippen molar-refractivity contribution in [2.24, 2.45) is 0 Å². The van der Waals surface area contributed by atoms with Crippen LogP contribution < -0.4 is 14.8 Å². The van der Waals surface area contributed by atoms with E-state index >= 15 is 0 Å². The van der Waals surface area contributed by atoms with Crippen LogP contribution in [0.1, 0.15) is 12.6 Å². The molecule has 0 saturated heterocycles. The van der Waals surface area contributed by atoms with Crippen molar-refractivity contribution in [3.05, 3.63) is 59.0 Å². The fourth-order valence-electron chi connectivity index (χ4n) is 2.79. The van der Waals surface area contributed by atoms with Crippen molar-refractivity contribution in [3.63, 3.8) is 0 Å². The van der Waals surface area contributed by atoms with Crippen LogP contribution >= 0.6 is 15.9 Å². The zero-order valence-electron chi connectivity index (χ0n) is 13.5. The molecular formula is C18H16BrN3O3. The molecule has 7 heteroatoms. The van der Waals surface area contributed by atoms with Gasteiger partial charge in [0.15, 0.2) is 11.5 Å². The number of carbonyl (C=O) groups is 1. The van der Waals surface area contributed by atoms with E-state index < -0.39 is 6.10 Å². The van der Waals surface area contributed by atoms with Crippen molar-refractivity contribution in [2.75, 3.05) is 0 Å². The van der Waals surface area contributed by atoms with Gasteiger partial charge in [-0.2, -0.15) is 0 Å². The number of aromatic nitrogens is 2. The minimum Gasteiger partial charge on any atom is -0.482 e. The summed E-state index contributed by atoms with van der Waals surface area (Å²) in [5.41, 5.74) is 1.60. The first-order valence-electron chi connectivity index (χ1n) is 7.93. The second-order valence-electron chi connectivity index (χ2n) is 5.87. The van der Waals surface area contributed by atoms with Crippen LogP contribution in [0, 0.1) is 0 Å². The summed E-state index contributed by atoms with van der Waals surface area (Å²) in [5, 5.41) is 2.87. The molecule has 0 fully saturated rings. The molecule has 1 amide bonds. The maximum atomic E-state index is 12.5. The Balaban J connectivity index is 1.44. The number of hydrogen-bond donors (Lipinski definition) is 1. The fourth-order valence-corrected chi connectivity index (χ4v) is 3.14. The Bertz CT molecular complexity index is 940. The van der Waals surface area contributed by atoms with Crippen LogP contribution in [0.15, 0.2) is 53.3 Å². The SMILES string of the molecule is CC1Oc2ccccc2OC1C(=O)NCc1cn2cc(Br)ccc2n1. The van der Waals surface area contributed by atoms with Crippen LogP contribution in [-0.2, 0) is 11.3 Å². The number of imidazole rings is 1. The Kier molecular flexibility index (Phi) is 4.09. The van der Waals surface area contributed by atoms with Crippen molar-refractivity contribution in [2.45, 2.75) is 25.7 Å². The Morgan fingerprint density at radius 3 is 2.76 bits per heavy atom. The number of benzene rings is 1. The molecule has 1 aliphatic heterocycles. The first kappa shape index (κ1) is 16.0. The van der Waals surface area contributed by atoms with Gasteiger partial charge in [-0.1, -0.05) is 12.1 Å². The molecular weight excluding hydrogens is 386 g/mol. The van der Waals surface area contributed by atoms with E-state index in [1.165, 1.54) is 0 Å². The second kappa shape index (κ2) is 6.40. The highest BCUT2D eigenvalue weighted by atomic mass is 79.9. The lowest BCUT2D eigenvalue weighted by atomic mass is 10.1. The van der Waals surface area contributed by atoms with E-state index in [2.05, 4.69) is 26.2 Å². The third-order valence-electron chi connectivity index (χ3n) is 4.01. The van der Waals surface area contributed by atoms with Crippen molar-refractivity contribution >= 4 is 27.5 Å². The quantitative estimate of drug-likeness (QED) is 0.732. The first-order chi connectivity index (χ1) is 12.1. The second-order valence-corrected chi connectivity index (χ2v) is 6.79. The molecule has 0 bridgehead atoms. The lowest BCUT2D eigenvalue weighted by molar-refractivity contribution is -0.133. The summed E-state index contributed by atoms with van der Waals surface area (Å²) >= 11 is 3.43. The van der Waals surface area contributed by atoms with Crippen molar-refractivity contribution < 1.29 is 14.3 Å². The molecule has 2 aromatic heterocycles. The van der Waals surface area contributed by atoms with Gasteiger partial charge in [-0.05, 0) is 47.1 Å². The molecule has 25 heavy (non-hydrogen) atoms. The molecule has 128 valence electrons. The van der Waals surface area contributed by atoms with Crippen LogP contribution in [0.25, 0.3) is 5.65 Å². The number of hydrogen-bond acceptors (Lipinski definition) is 4. The molecule has 0 saturated carbocycles. The summed E-state index contributed by atoms with van der Waals surface area (Å²) in [6.07, 6.45) is 2.75. The average molecular weight is 402 g/mol. The molecule has 1 aliphatic rings. The van der Waals surface area contributed by atoms with Crippen molar-refractivity contribution in [3.8, 4) is 11.5 Å². The van der Waals surface area contributed by atoms with Gasteiger partial charge in [0, 0.05) is 16.9 Å². The fraction of sp³-hybridized carbons (Fsp3) is 0.222. The molecule has 0 radical (unpaired) electrons. The predicted molar refractivity (Wildman–Crippen MR) is 95.7 cm³/mol. The molecule has 6 nitrogen and oxygen atoms in total. The first-order valence-corrected chi connectivity index (χ1v) is 8.72. The summed E-state index contributed by atoms with van der Waals surface area (Å²) in [6, 6.07) is 11.2. The molecule has 2 unspecified atom stereocenters. The molecule has 3 heterocycles. The van der Waals surface area contributed by atoms with Crippen LogP contribution in [0.2, 0.25) is 0 Å². The van der Waals surface area contributed by atoms with Gasteiger partial charge in [0.1, 0.15) is 11.8 Å². The third-order valence-corrected chi connectivity index (χ3v) is 4.48. The van der Waals surface area contributed by atoms with Crippen molar-refractivity contribution in [1.29, 1.82) is 0 Å². The normalized spacial score (nSPS) is 19.0. The molecule has 4 rings (SSSR count). The smallest absolute Gasteiger partial charge is 0.265 e. The zero-order chi connectivity index (χ0) is 17.4. The third kappa shape index (κ3) is 3.19. The minimum atomic E-state index is -0.693. The van der Waals surface area contributed by atoms with E-state index in [1.807, 2.05) is 54.0 Å². The standard InChI is InChI=1S/C18H16BrN3O3/c1-11-17(25-15-5-3-2-4-14(15)24-11)18(23)20-8-13-10-22-9-12(19)6-7-16(22)21-13/h2-7,9-11,17H,8H2,1H3,(H,20,23). The van der Waals surface area contributed by atoms with Gasteiger partial charge in [0.05, 0.1) is 12.2 Å². The average Bonchev–Trinajstić information content (AvgIpc) is 3.01. The van der Waals surface area contributed by atoms with Gasteiger partial charge in [-0.15, -0.1) is 0 Å². The van der Waals surface area contributed by atoms with Gasteiger partial charge in [0.2, 0.25) is 6.10 Å². The number of fused-ring (bicyclic) bond motifs is 2. The number of pyridine rings is 1. The maximum absolute atomic E-state index is 12.5. The van der Waals surface area contributed by atoms with E-state index in [0.29, 0.717) is 18.0 Å². The number of rotatable bonds is 3. The topological polar surface area (TPSA) is 64.9 Å². The van der Waals surface area contributed by atoms with Gasteiger partial charge >= 0.3 is 0 Å². The Hall–Kier alpha value is -2.54. The lowest BCUT2D eigenvalue weighted by Gasteiger charge is -2.30. The highest BCUT2D eigenvalue weighted by molar-refractivity contribution is 9.10. The van der Waals surface area contributed by atoms with Gasteiger partial charge in [0.25, 0.3) is 5.91 Å². The van der Waals surface area contributed by atoms with Crippen LogP contribution in [0.5, 0.6) is 11.5 Å². The molecule has 1 N–H and O–H groups in total. The van der Waals surface area contributed by atoms with E-state index in [0.717, 1.165) is 15.8 Å². The predicted octanol–water partition coefficient (Wildman–Crippen LogP) is 2.94. The van der Waals surface area contributed by atoms with Crippen LogP contribution in [0.4, 0.5) is 0 Å². The van der Waals surface area contributed by atoms with Gasteiger partial charge < -0.3 is 19.2 Å². The summed E-state index contributed by atoms with van der Waals surface area (Å²) in [4.78, 5) is 17.0. The van der Waals surface area contributed by atoms with E-state index in [-0.39, 0.29) is 12.0 Å². The molecule has 0 spiro atoms. The van der Waals surface area contributed by atoms with Gasteiger partial charge in [-0.25, -0.2) is 4.98 Å². The summed E-state index contributed by atoms with van der Waals surface area (Å²) in [6.45, 7) is 2.15. The monoisotopic (exact) mass is 401 g/mol. The van der Waals surface area contributed by atoms with Crippen molar-refractivity contribution in [1.82, 2.24) is 14.7 Å². The Labute approximate surface area is 152 Å². The minimum absolute atomic E-state index is 0.222. The molecule has 0 aliphatic carbocycles. The summed E-state index contributed by atoms with van der Waals surface area (Å²) < 4.78 is 14.4. The number of nitrogens with zero attached hydrogens (tertiary/aromatic N) is 2. The molecule has 1 aromatic carbocycles. The highest BCUT2D eigenvalue weighted by Crippen LogP contribution is 2.33. The lowest BCUT2D eigenvalue weighted by Crippen LogP contribution is -2.48. The Morgan fingerprint density at radius 1 is 1.20 bits per heavy atom. The van der Waals surface area contributed by atoms with Crippen LogP contribution in [0.3, 0.4) is 0 Å².